The molecule has 2 aromatic carbocycles. The summed E-state index contributed by atoms with van der Waals surface area (Å²) in [6.07, 6.45) is 0.335. The van der Waals surface area contributed by atoms with Crippen LogP contribution < -0.4 is 10.3 Å². The number of fused-ring (bicyclic) bond motifs is 1. The second kappa shape index (κ2) is 7.47. The smallest absolute Gasteiger partial charge is 0.251 e. The highest BCUT2D eigenvalue weighted by Gasteiger charge is 2.12. The van der Waals surface area contributed by atoms with Crippen LogP contribution in [-0.4, -0.2) is 27.0 Å². The van der Waals surface area contributed by atoms with Crippen LogP contribution in [0.2, 0.25) is 0 Å². The van der Waals surface area contributed by atoms with Crippen molar-refractivity contribution >= 4 is 10.9 Å². The van der Waals surface area contributed by atoms with Gasteiger partial charge in [0.2, 0.25) is 0 Å². The molecule has 0 aliphatic carbocycles. The lowest BCUT2D eigenvalue weighted by Crippen LogP contribution is -2.13. The zero-order valence-corrected chi connectivity index (χ0v) is 16.9. The van der Waals surface area contributed by atoms with Crippen molar-refractivity contribution in [3.8, 4) is 17.0 Å². The molecule has 0 aliphatic heterocycles. The first kappa shape index (κ1) is 18.8. The van der Waals surface area contributed by atoms with Gasteiger partial charge in [-0.1, -0.05) is 12.1 Å². The van der Waals surface area contributed by atoms with Gasteiger partial charge in [-0.2, -0.15) is 0 Å². The number of ether oxygens (including phenoxy) is 1. The standard InChI is InChI=1S/C23H22N4O2/c1-13-9-17-15(3)24-21(25-18(17)10-14(13)2)12-22-26-19(11-23(28)27-22)16-7-5-6-8-20(16)29-4/h5-11H,12H2,1-4H3,(H,26,27,28). The maximum atomic E-state index is 12.3. The number of benzene rings is 2. The molecule has 4 rings (SSSR count). The summed E-state index contributed by atoms with van der Waals surface area (Å²) in [6.45, 7) is 6.13. The summed E-state index contributed by atoms with van der Waals surface area (Å²) in [6, 6.07) is 13.2. The molecule has 0 atom stereocenters. The number of aromatic amines is 1. The third kappa shape index (κ3) is 3.74. The van der Waals surface area contributed by atoms with E-state index in [-0.39, 0.29) is 5.56 Å². The van der Waals surface area contributed by atoms with Crippen LogP contribution in [0, 0.1) is 20.8 Å². The van der Waals surface area contributed by atoms with Gasteiger partial charge in [0.05, 0.1) is 24.7 Å². The normalized spacial score (nSPS) is 11.0. The van der Waals surface area contributed by atoms with Gasteiger partial charge in [0.15, 0.2) is 0 Å². The number of nitrogens with zero attached hydrogens (tertiary/aromatic N) is 3. The van der Waals surface area contributed by atoms with Gasteiger partial charge in [0.1, 0.15) is 17.4 Å². The van der Waals surface area contributed by atoms with Crippen LogP contribution in [0.4, 0.5) is 0 Å². The van der Waals surface area contributed by atoms with E-state index >= 15 is 0 Å². The Hall–Kier alpha value is -3.54. The summed E-state index contributed by atoms with van der Waals surface area (Å²) in [5.41, 5.74) is 5.32. The second-order valence-corrected chi connectivity index (χ2v) is 7.13. The summed E-state index contributed by atoms with van der Waals surface area (Å²) in [5.74, 6) is 1.81. The Labute approximate surface area is 168 Å². The molecule has 1 N–H and O–H groups in total. The first-order valence-electron chi connectivity index (χ1n) is 9.42. The molecule has 0 saturated carbocycles. The summed E-state index contributed by atoms with van der Waals surface area (Å²) >= 11 is 0. The SMILES string of the molecule is COc1ccccc1-c1cc(=O)[nH]c(Cc2nc(C)c3cc(C)c(C)cc3n2)n1. The molecule has 4 aromatic rings. The molecule has 0 radical (unpaired) electrons. The fraction of sp³-hybridized carbons (Fsp3) is 0.217. The minimum atomic E-state index is -0.222. The van der Waals surface area contributed by atoms with Gasteiger partial charge in [-0.25, -0.2) is 15.0 Å². The summed E-state index contributed by atoms with van der Waals surface area (Å²) < 4.78 is 5.41. The minimum absolute atomic E-state index is 0.222. The number of methoxy groups -OCH3 is 1. The lowest BCUT2D eigenvalue weighted by Gasteiger charge is -2.10. The predicted molar refractivity (Wildman–Crippen MR) is 113 cm³/mol. The lowest BCUT2D eigenvalue weighted by molar-refractivity contribution is 0.416. The molecule has 0 bridgehead atoms. The Morgan fingerprint density at radius 1 is 0.966 bits per heavy atom. The van der Waals surface area contributed by atoms with Crippen molar-refractivity contribution in [2.45, 2.75) is 27.2 Å². The highest BCUT2D eigenvalue weighted by atomic mass is 16.5. The van der Waals surface area contributed by atoms with E-state index in [9.17, 15) is 4.79 Å². The van der Waals surface area contributed by atoms with Crippen LogP contribution in [0.3, 0.4) is 0 Å². The van der Waals surface area contributed by atoms with E-state index in [0.717, 1.165) is 22.2 Å². The molecule has 2 aromatic heterocycles. The highest BCUT2D eigenvalue weighted by Crippen LogP contribution is 2.27. The molecule has 2 heterocycles. The highest BCUT2D eigenvalue weighted by molar-refractivity contribution is 5.82. The van der Waals surface area contributed by atoms with Gasteiger partial charge in [-0.15, -0.1) is 0 Å². The largest absolute Gasteiger partial charge is 0.496 e. The van der Waals surface area contributed by atoms with Gasteiger partial charge in [0, 0.05) is 22.7 Å². The summed E-state index contributed by atoms with van der Waals surface area (Å²) in [7, 11) is 1.60. The van der Waals surface area contributed by atoms with E-state index in [2.05, 4.69) is 40.9 Å². The Morgan fingerprint density at radius 3 is 2.52 bits per heavy atom. The molecule has 6 nitrogen and oxygen atoms in total. The zero-order valence-electron chi connectivity index (χ0n) is 16.9. The quantitative estimate of drug-likeness (QED) is 0.575. The van der Waals surface area contributed by atoms with Crippen molar-refractivity contribution in [1.29, 1.82) is 0 Å². The number of H-pyrrole nitrogens is 1. The van der Waals surface area contributed by atoms with E-state index in [4.69, 9.17) is 9.72 Å². The monoisotopic (exact) mass is 386 g/mol. The molecule has 0 spiro atoms. The van der Waals surface area contributed by atoms with E-state index < -0.39 is 0 Å². The van der Waals surface area contributed by atoms with Crippen LogP contribution in [0.5, 0.6) is 5.75 Å². The average Bonchev–Trinajstić information content (AvgIpc) is 2.69. The van der Waals surface area contributed by atoms with Gasteiger partial charge in [0.25, 0.3) is 5.56 Å². The molecule has 0 saturated heterocycles. The third-order valence-corrected chi connectivity index (χ3v) is 5.05. The number of para-hydroxylation sites is 1. The Morgan fingerprint density at radius 2 is 1.72 bits per heavy atom. The molecule has 0 fully saturated rings. The van der Waals surface area contributed by atoms with Crippen LogP contribution in [-0.2, 0) is 6.42 Å². The molecule has 0 amide bonds. The molecule has 6 heteroatoms. The number of aryl methyl sites for hydroxylation is 3. The van der Waals surface area contributed by atoms with Crippen LogP contribution in [0.15, 0.2) is 47.3 Å². The van der Waals surface area contributed by atoms with Crippen molar-refractivity contribution < 1.29 is 4.74 Å². The molecule has 0 aliphatic rings. The van der Waals surface area contributed by atoms with Gasteiger partial charge < -0.3 is 9.72 Å². The van der Waals surface area contributed by atoms with E-state index in [1.807, 2.05) is 31.2 Å². The lowest BCUT2D eigenvalue weighted by atomic mass is 10.1. The number of hydrogen-bond acceptors (Lipinski definition) is 5. The van der Waals surface area contributed by atoms with Crippen molar-refractivity contribution in [1.82, 2.24) is 19.9 Å². The summed E-state index contributed by atoms with van der Waals surface area (Å²) in [4.78, 5) is 29.0. The van der Waals surface area contributed by atoms with E-state index in [0.29, 0.717) is 29.5 Å². The third-order valence-electron chi connectivity index (χ3n) is 5.05. The predicted octanol–water partition coefficient (Wildman–Crippen LogP) is 3.90. The van der Waals surface area contributed by atoms with Gasteiger partial charge in [-0.05, 0) is 56.2 Å². The van der Waals surface area contributed by atoms with Gasteiger partial charge in [-0.3, -0.25) is 4.79 Å². The second-order valence-electron chi connectivity index (χ2n) is 7.13. The zero-order chi connectivity index (χ0) is 20.5. The first-order chi connectivity index (χ1) is 13.9. The van der Waals surface area contributed by atoms with E-state index in [1.54, 1.807) is 7.11 Å². The number of hydrogen-bond donors (Lipinski definition) is 1. The fourth-order valence-electron chi connectivity index (χ4n) is 3.42. The van der Waals surface area contributed by atoms with Crippen molar-refractivity contribution in [2.75, 3.05) is 7.11 Å². The first-order valence-corrected chi connectivity index (χ1v) is 9.42. The van der Waals surface area contributed by atoms with Crippen molar-refractivity contribution in [2.24, 2.45) is 0 Å². The molecule has 29 heavy (non-hydrogen) atoms. The molecule has 146 valence electrons. The van der Waals surface area contributed by atoms with Crippen molar-refractivity contribution in [3.05, 3.63) is 81.3 Å². The Kier molecular flexibility index (Phi) is 4.84. The van der Waals surface area contributed by atoms with Gasteiger partial charge >= 0.3 is 0 Å². The number of rotatable bonds is 4. The number of nitrogens with one attached hydrogen (secondary N) is 1. The topological polar surface area (TPSA) is 80.8 Å². The Bertz CT molecular complexity index is 1280. The Balaban J connectivity index is 1.76. The van der Waals surface area contributed by atoms with E-state index in [1.165, 1.54) is 17.2 Å². The maximum Gasteiger partial charge on any atom is 0.251 e. The fourth-order valence-corrected chi connectivity index (χ4v) is 3.42. The molecule has 0 unspecified atom stereocenters. The molecular formula is C23H22N4O2. The maximum absolute atomic E-state index is 12.3. The average molecular weight is 386 g/mol. The number of aromatic nitrogens is 4. The summed E-state index contributed by atoms with van der Waals surface area (Å²) in [5, 5.41) is 1.04. The molecular weight excluding hydrogens is 364 g/mol. The van der Waals surface area contributed by atoms with Crippen LogP contribution in [0.1, 0.15) is 28.5 Å². The van der Waals surface area contributed by atoms with Crippen LogP contribution in [0.25, 0.3) is 22.2 Å². The van der Waals surface area contributed by atoms with Crippen LogP contribution >= 0.6 is 0 Å². The van der Waals surface area contributed by atoms with Crippen molar-refractivity contribution in [3.63, 3.8) is 0 Å². The minimum Gasteiger partial charge on any atom is -0.496 e.